The van der Waals surface area contributed by atoms with Crippen LogP contribution in [0.5, 0.6) is 6.01 Å². The van der Waals surface area contributed by atoms with E-state index in [1.807, 2.05) is 0 Å². The smallest absolute Gasteiger partial charge is 0.321 e. The monoisotopic (exact) mass is 268 g/mol. The first-order valence-electron chi connectivity index (χ1n) is 6.35. The van der Waals surface area contributed by atoms with Gasteiger partial charge in [0.05, 0.1) is 7.11 Å². The van der Waals surface area contributed by atoms with Crippen molar-refractivity contribution in [1.82, 2.24) is 15.0 Å². The van der Waals surface area contributed by atoms with Crippen molar-refractivity contribution < 1.29 is 4.74 Å². The summed E-state index contributed by atoms with van der Waals surface area (Å²) in [7, 11) is 3.37. The van der Waals surface area contributed by atoms with Gasteiger partial charge >= 0.3 is 6.01 Å². The maximum atomic E-state index is 5.09. The second-order valence-electron chi connectivity index (χ2n) is 4.69. The number of rotatable bonds is 4. The Bertz CT molecular complexity index is 379. The summed E-state index contributed by atoms with van der Waals surface area (Å²) in [5.41, 5.74) is 0. The van der Waals surface area contributed by atoms with Crippen LogP contribution in [0.2, 0.25) is 0 Å². The molecule has 0 spiro atoms. The maximum absolute atomic E-state index is 5.09. The van der Waals surface area contributed by atoms with E-state index in [0.29, 0.717) is 17.2 Å². The number of nitrogens with one attached hydrogen (secondary N) is 1. The standard InChI is InChI=1S/C12H20N4OS/c1-8-5-4-6-9(7-8)18-12-15-10(13-2)14-11(16-12)17-3/h8-9H,4-7H2,1-3H3,(H,13,14,15,16). The molecule has 0 aromatic carbocycles. The zero-order valence-corrected chi connectivity index (χ0v) is 12.0. The first kappa shape index (κ1) is 13.4. The van der Waals surface area contributed by atoms with E-state index >= 15 is 0 Å². The minimum Gasteiger partial charge on any atom is -0.467 e. The molecule has 1 aliphatic rings. The lowest BCUT2D eigenvalue weighted by Crippen LogP contribution is -2.15. The predicted molar refractivity (Wildman–Crippen MR) is 73.2 cm³/mol. The second kappa shape index (κ2) is 6.22. The Morgan fingerprint density at radius 3 is 2.78 bits per heavy atom. The number of thioether (sulfide) groups is 1. The summed E-state index contributed by atoms with van der Waals surface area (Å²) < 4.78 is 5.09. The molecule has 2 unspecified atom stereocenters. The summed E-state index contributed by atoms with van der Waals surface area (Å²) in [4.78, 5) is 12.8. The molecule has 0 saturated heterocycles. The fourth-order valence-electron chi connectivity index (χ4n) is 2.23. The van der Waals surface area contributed by atoms with Gasteiger partial charge in [-0.15, -0.1) is 0 Å². The van der Waals surface area contributed by atoms with Crippen LogP contribution >= 0.6 is 11.8 Å². The van der Waals surface area contributed by atoms with Crippen molar-refractivity contribution in [1.29, 1.82) is 0 Å². The van der Waals surface area contributed by atoms with E-state index < -0.39 is 0 Å². The van der Waals surface area contributed by atoms with E-state index in [-0.39, 0.29) is 0 Å². The van der Waals surface area contributed by atoms with Gasteiger partial charge in [-0.25, -0.2) is 0 Å². The topological polar surface area (TPSA) is 59.9 Å². The molecule has 18 heavy (non-hydrogen) atoms. The third-order valence-electron chi connectivity index (χ3n) is 3.16. The van der Waals surface area contributed by atoms with Gasteiger partial charge in [-0.1, -0.05) is 31.5 Å². The van der Waals surface area contributed by atoms with Crippen molar-refractivity contribution in [3.05, 3.63) is 0 Å². The largest absolute Gasteiger partial charge is 0.467 e. The highest BCUT2D eigenvalue weighted by atomic mass is 32.2. The highest BCUT2D eigenvalue weighted by Crippen LogP contribution is 2.35. The van der Waals surface area contributed by atoms with Crippen molar-refractivity contribution in [3.8, 4) is 6.01 Å². The molecular weight excluding hydrogens is 248 g/mol. The molecule has 2 rings (SSSR count). The molecule has 0 aliphatic heterocycles. The number of nitrogens with zero attached hydrogens (tertiary/aromatic N) is 3. The summed E-state index contributed by atoms with van der Waals surface area (Å²) in [6.45, 7) is 2.32. The predicted octanol–water partition coefficient (Wildman–Crippen LogP) is 2.59. The Hall–Kier alpha value is -1.04. The average molecular weight is 268 g/mol. The van der Waals surface area contributed by atoms with Crippen LogP contribution in [-0.2, 0) is 0 Å². The molecule has 1 aliphatic carbocycles. The number of aromatic nitrogens is 3. The molecule has 6 heteroatoms. The minimum atomic E-state index is 0.376. The Kier molecular flexibility index (Phi) is 4.63. The lowest BCUT2D eigenvalue weighted by Gasteiger charge is -2.25. The molecule has 100 valence electrons. The van der Waals surface area contributed by atoms with E-state index in [1.54, 1.807) is 25.9 Å². The van der Waals surface area contributed by atoms with Gasteiger partial charge < -0.3 is 10.1 Å². The van der Waals surface area contributed by atoms with Crippen molar-refractivity contribution in [2.45, 2.75) is 43.0 Å². The highest BCUT2D eigenvalue weighted by molar-refractivity contribution is 7.99. The molecule has 1 N–H and O–H groups in total. The van der Waals surface area contributed by atoms with Crippen molar-refractivity contribution in [2.24, 2.45) is 5.92 Å². The van der Waals surface area contributed by atoms with Crippen LogP contribution in [0.1, 0.15) is 32.6 Å². The molecule has 1 saturated carbocycles. The fourth-order valence-corrected chi connectivity index (χ4v) is 3.51. The van der Waals surface area contributed by atoms with E-state index in [0.717, 1.165) is 11.1 Å². The molecule has 1 heterocycles. The molecular formula is C12H20N4OS. The van der Waals surface area contributed by atoms with Crippen LogP contribution in [-0.4, -0.2) is 34.4 Å². The molecule has 0 radical (unpaired) electrons. The van der Waals surface area contributed by atoms with Crippen molar-refractivity contribution in [2.75, 3.05) is 19.5 Å². The first-order valence-corrected chi connectivity index (χ1v) is 7.23. The molecule has 1 aromatic rings. The van der Waals surface area contributed by atoms with Gasteiger partial charge in [-0.05, 0) is 18.8 Å². The summed E-state index contributed by atoms with van der Waals surface area (Å²) >= 11 is 1.75. The second-order valence-corrected chi connectivity index (χ2v) is 5.96. The quantitative estimate of drug-likeness (QED) is 0.905. The van der Waals surface area contributed by atoms with E-state index in [2.05, 4.69) is 27.2 Å². The van der Waals surface area contributed by atoms with Gasteiger partial charge in [-0.3, -0.25) is 0 Å². The minimum absolute atomic E-state index is 0.376. The number of anilines is 1. The zero-order valence-electron chi connectivity index (χ0n) is 11.1. The van der Waals surface area contributed by atoms with E-state index in [1.165, 1.54) is 25.7 Å². The third-order valence-corrected chi connectivity index (χ3v) is 4.32. The Morgan fingerprint density at radius 1 is 1.28 bits per heavy atom. The zero-order chi connectivity index (χ0) is 13.0. The average Bonchev–Trinajstić information content (AvgIpc) is 2.38. The van der Waals surface area contributed by atoms with Crippen LogP contribution < -0.4 is 10.1 Å². The number of hydrogen-bond donors (Lipinski definition) is 1. The lowest BCUT2D eigenvalue weighted by atomic mass is 9.91. The van der Waals surface area contributed by atoms with Gasteiger partial charge in [0.1, 0.15) is 0 Å². The Balaban J connectivity index is 2.07. The number of ether oxygens (including phenoxy) is 1. The van der Waals surface area contributed by atoms with Gasteiger partial charge in [0, 0.05) is 12.3 Å². The van der Waals surface area contributed by atoms with Crippen LogP contribution in [0.25, 0.3) is 0 Å². The molecule has 0 amide bonds. The number of methoxy groups -OCH3 is 1. The van der Waals surface area contributed by atoms with Crippen molar-refractivity contribution >= 4 is 17.7 Å². The fraction of sp³-hybridized carbons (Fsp3) is 0.750. The van der Waals surface area contributed by atoms with Crippen LogP contribution in [0.3, 0.4) is 0 Å². The normalized spacial score (nSPS) is 23.7. The molecule has 0 bridgehead atoms. The molecule has 1 fully saturated rings. The summed E-state index contributed by atoms with van der Waals surface area (Å²) in [6, 6.07) is 0.376. The van der Waals surface area contributed by atoms with Gasteiger partial charge in [-0.2, -0.15) is 15.0 Å². The Morgan fingerprint density at radius 2 is 2.11 bits per heavy atom. The van der Waals surface area contributed by atoms with Gasteiger partial charge in [0.25, 0.3) is 0 Å². The van der Waals surface area contributed by atoms with Crippen molar-refractivity contribution in [3.63, 3.8) is 0 Å². The molecule has 5 nitrogen and oxygen atoms in total. The Labute approximate surface area is 112 Å². The highest BCUT2D eigenvalue weighted by Gasteiger charge is 2.21. The van der Waals surface area contributed by atoms with E-state index in [4.69, 9.17) is 4.74 Å². The van der Waals surface area contributed by atoms with Crippen LogP contribution in [0.15, 0.2) is 5.16 Å². The summed E-state index contributed by atoms with van der Waals surface area (Å²) in [6.07, 6.45) is 5.14. The van der Waals surface area contributed by atoms with E-state index in [9.17, 15) is 0 Å². The molecule has 1 aromatic heterocycles. The van der Waals surface area contributed by atoms with Gasteiger partial charge in [0.15, 0.2) is 5.16 Å². The molecule has 2 atom stereocenters. The maximum Gasteiger partial charge on any atom is 0.321 e. The number of hydrogen-bond acceptors (Lipinski definition) is 6. The first-order chi connectivity index (χ1) is 8.71. The summed E-state index contributed by atoms with van der Waals surface area (Å²) in [5.74, 6) is 1.37. The van der Waals surface area contributed by atoms with Crippen LogP contribution in [0.4, 0.5) is 5.95 Å². The third kappa shape index (κ3) is 3.48. The van der Waals surface area contributed by atoms with Gasteiger partial charge in [0.2, 0.25) is 5.95 Å². The lowest BCUT2D eigenvalue weighted by molar-refractivity contribution is 0.373. The van der Waals surface area contributed by atoms with Crippen LogP contribution in [0, 0.1) is 5.92 Å². The summed E-state index contributed by atoms with van der Waals surface area (Å²) in [5, 5.41) is 4.30. The SMILES string of the molecule is CNc1nc(OC)nc(SC2CCCC(C)C2)n1.